The van der Waals surface area contributed by atoms with Crippen molar-refractivity contribution in [3.63, 3.8) is 0 Å². The molecule has 3 atom stereocenters. The number of hydrogen-bond acceptors (Lipinski definition) is 7. The third kappa shape index (κ3) is 5.04. The molecule has 0 radical (unpaired) electrons. The summed E-state index contributed by atoms with van der Waals surface area (Å²) in [5.74, 6) is -2.02. The number of hydrogen-bond donors (Lipinski definition) is 0. The molecule has 0 spiro atoms. The average Bonchev–Trinajstić information content (AvgIpc) is 2.43. The molecule has 0 N–H and O–H groups in total. The molecule has 142 valence electrons. The number of nitro groups is 1. The quantitative estimate of drug-likeness (QED) is 0.316. The number of nitrogens with zero attached hydrogens (tertiary/aromatic N) is 1. The summed E-state index contributed by atoms with van der Waals surface area (Å²) in [5.41, 5.74) is 0. The van der Waals surface area contributed by atoms with Crippen LogP contribution in [0.15, 0.2) is 11.8 Å². The third-order valence-electron chi connectivity index (χ3n) is 4.76. The Kier molecular flexibility index (Phi) is 6.38. The van der Waals surface area contributed by atoms with Crippen molar-refractivity contribution in [1.82, 2.24) is 0 Å². The Morgan fingerprint density at radius 3 is 2.28 bits per heavy atom. The summed E-state index contributed by atoms with van der Waals surface area (Å²) in [6, 6.07) is -1.40. The van der Waals surface area contributed by atoms with E-state index in [-0.39, 0.29) is 11.5 Å². The zero-order valence-corrected chi connectivity index (χ0v) is 16.8. The molecule has 0 aromatic carbocycles. The van der Waals surface area contributed by atoms with Gasteiger partial charge in [0.15, 0.2) is 6.10 Å². The molecule has 0 unspecified atom stereocenters. The molecule has 0 aromatic heterocycles. The fraction of sp³-hybridized carbons (Fsp3) is 0.750. The van der Waals surface area contributed by atoms with E-state index in [0.29, 0.717) is 5.76 Å². The largest absolute Gasteiger partial charge is 0.547 e. The van der Waals surface area contributed by atoms with Gasteiger partial charge in [-0.2, -0.15) is 0 Å². The zero-order valence-electron chi connectivity index (χ0n) is 15.8. The Bertz CT molecular complexity index is 580. The van der Waals surface area contributed by atoms with Gasteiger partial charge in [0.05, 0.1) is 12.9 Å². The van der Waals surface area contributed by atoms with Gasteiger partial charge in [-0.05, 0) is 24.2 Å². The van der Waals surface area contributed by atoms with Gasteiger partial charge in [-0.25, -0.2) is 0 Å². The van der Waals surface area contributed by atoms with Crippen LogP contribution >= 0.6 is 0 Å². The minimum Gasteiger partial charge on any atom is -0.547 e. The number of methoxy groups -OCH3 is 1. The molecule has 8 nitrogen and oxygen atoms in total. The van der Waals surface area contributed by atoms with Crippen LogP contribution in [0, 0.1) is 16.0 Å². The van der Waals surface area contributed by atoms with Gasteiger partial charge >= 0.3 is 11.9 Å². The summed E-state index contributed by atoms with van der Waals surface area (Å²) in [6.07, 6.45) is 0.322. The molecule has 0 bridgehead atoms. The Morgan fingerprint density at radius 1 is 1.32 bits per heavy atom. The first-order valence-electron chi connectivity index (χ1n) is 8.08. The van der Waals surface area contributed by atoms with Crippen LogP contribution in [0.5, 0.6) is 0 Å². The van der Waals surface area contributed by atoms with Gasteiger partial charge in [0.2, 0.25) is 8.32 Å². The summed E-state index contributed by atoms with van der Waals surface area (Å²) < 4.78 is 16.0. The topological polar surface area (TPSA) is 105 Å². The van der Waals surface area contributed by atoms with Gasteiger partial charge < -0.3 is 13.9 Å². The fourth-order valence-corrected chi connectivity index (χ4v) is 3.52. The molecule has 25 heavy (non-hydrogen) atoms. The lowest BCUT2D eigenvalue weighted by atomic mass is 9.86. The highest BCUT2D eigenvalue weighted by atomic mass is 28.4. The maximum absolute atomic E-state index is 12.1. The summed E-state index contributed by atoms with van der Waals surface area (Å²) in [7, 11) is -1.04. The second kappa shape index (κ2) is 7.55. The van der Waals surface area contributed by atoms with Crippen molar-refractivity contribution in [1.29, 1.82) is 0 Å². The van der Waals surface area contributed by atoms with E-state index in [1.54, 1.807) is 0 Å². The monoisotopic (exact) mass is 373 g/mol. The van der Waals surface area contributed by atoms with Crippen molar-refractivity contribution >= 4 is 20.3 Å². The van der Waals surface area contributed by atoms with Gasteiger partial charge in [0.1, 0.15) is 5.92 Å². The normalized spacial score (nSPS) is 24.1. The van der Waals surface area contributed by atoms with Crippen molar-refractivity contribution in [3.05, 3.63) is 21.9 Å². The molecule has 0 saturated heterocycles. The van der Waals surface area contributed by atoms with Gasteiger partial charge in [-0.1, -0.05) is 20.8 Å². The van der Waals surface area contributed by atoms with E-state index in [0.717, 1.165) is 0 Å². The predicted octanol–water partition coefficient (Wildman–Crippen LogP) is 2.66. The van der Waals surface area contributed by atoms with Gasteiger partial charge in [-0.3, -0.25) is 19.7 Å². The predicted molar refractivity (Wildman–Crippen MR) is 92.8 cm³/mol. The Labute approximate surface area is 148 Å². The van der Waals surface area contributed by atoms with E-state index in [4.69, 9.17) is 13.9 Å². The SMILES string of the molecule is COC(=O)[C@H]1CC(O[Si](C)(C)C(C)(C)C)=C[C@H](OC(C)=O)[C@@H]1[N+](=O)[O-]. The molecule has 1 rings (SSSR count). The number of esters is 2. The lowest BCUT2D eigenvalue weighted by Crippen LogP contribution is -2.49. The maximum Gasteiger partial charge on any atom is 0.316 e. The molecule has 1 aliphatic rings. The van der Waals surface area contributed by atoms with Crippen LogP contribution in [-0.2, 0) is 23.5 Å². The number of allylic oxidation sites excluding steroid dienone is 1. The molecule has 0 aromatic rings. The van der Waals surface area contributed by atoms with Gasteiger partial charge in [0, 0.05) is 18.3 Å². The highest BCUT2D eigenvalue weighted by Crippen LogP contribution is 2.40. The van der Waals surface area contributed by atoms with Crippen LogP contribution in [-0.4, -0.2) is 44.4 Å². The molecule has 0 saturated carbocycles. The van der Waals surface area contributed by atoms with Crippen molar-refractivity contribution in [2.24, 2.45) is 5.92 Å². The highest BCUT2D eigenvalue weighted by Gasteiger charge is 2.50. The van der Waals surface area contributed by atoms with Crippen molar-refractivity contribution in [2.75, 3.05) is 7.11 Å². The lowest BCUT2D eigenvalue weighted by molar-refractivity contribution is -0.539. The molecule has 1 aliphatic carbocycles. The van der Waals surface area contributed by atoms with E-state index in [1.165, 1.54) is 20.1 Å². The van der Waals surface area contributed by atoms with E-state index in [1.807, 2.05) is 13.1 Å². The molecular weight excluding hydrogens is 346 g/mol. The van der Waals surface area contributed by atoms with E-state index < -0.39 is 43.2 Å². The Morgan fingerprint density at radius 2 is 1.88 bits per heavy atom. The van der Waals surface area contributed by atoms with Gasteiger partial charge in [-0.15, -0.1) is 0 Å². The van der Waals surface area contributed by atoms with Crippen LogP contribution in [0.3, 0.4) is 0 Å². The Hall–Kier alpha value is -1.90. The van der Waals surface area contributed by atoms with Crippen molar-refractivity contribution < 1.29 is 28.4 Å². The number of ether oxygens (including phenoxy) is 2. The zero-order chi connectivity index (χ0) is 19.6. The molecular formula is C16H27NO7Si. The van der Waals surface area contributed by atoms with Crippen LogP contribution in [0.2, 0.25) is 18.1 Å². The van der Waals surface area contributed by atoms with Crippen LogP contribution in [0.25, 0.3) is 0 Å². The van der Waals surface area contributed by atoms with Crippen LogP contribution in [0.4, 0.5) is 0 Å². The summed E-state index contributed by atoms with van der Waals surface area (Å²) in [5, 5.41) is 11.4. The van der Waals surface area contributed by atoms with E-state index in [2.05, 4.69) is 20.8 Å². The molecule has 0 amide bonds. The summed E-state index contributed by atoms with van der Waals surface area (Å²) in [6.45, 7) is 11.4. The fourth-order valence-electron chi connectivity index (χ4n) is 2.41. The van der Waals surface area contributed by atoms with Crippen LogP contribution in [0.1, 0.15) is 34.1 Å². The smallest absolute Gasteiger partial charge is 0.316 e. The molecule has 9 heteroatoms. The van der Waals surface area contributed by atoms with Gasteiger partial charge in [0.25, 0.3) is 6.04 Å². The lowest BCUT2D eigenvalue weighted by Gasteiger charge is -2.39. The van der Waals surface area contributed by atoms with Crippen LogP contribution < -0.4 is 0 Å². The average molecular weight is 373 g/mol. The number of rotatable bonds is 5. The first-order valence-corrected chi connectivity index (χ1v) is 11.0. The minimum absolute atomic E-state index is 0.0442. The number of carbonyl (C=O) groups excluding carboxylic acids is 2. The first kappa shape index (κ1) is 21.1. The second-order valence-electron chi connectivity index (χ2n) is 7.68. The molecule has 0 aliphatic heterocycles. The first-order chi connectivity index (χ1) is 11.3. The molecule has 0 heterocycles. The molecule has 0 fully saturated rings. The maximum atomic E-state index is 12.1. The minimum atomic E-state index is -2.22. The van der Waals surface area contributed by atoms with E-state index >= 15 is 0 Å². The summed E-state index contributed by atoms with van der Waals surface area (Å²) in [4.78, 5) is 34.3. The number of carbonyl (C=O) groups is 2. The Balaban J connectivity index is 3.27. The standard InChI is InChI=1S/C16H27NO7Si/c1-10(18)23-13-9-11(24-25(6,7)16(2,3)4)8-12(15(19)22-5)14(13)17(20)21/h9,12-14H,8H2,1-7H3/t12-,13-,14+/m0/s1. The summed E-state index contributed by atoms with van der Waals surface area (Å²) >= 11 is 0. The van der Waals surface area contributed by atoms with Crippen molar-refractivity contribution in [3.8, 4) is 0 Å². The van der Waals surface area contributed by atoms with Crippen molar-refractivity contribution in [2.45, 2.75) is 64.4 Å². The third-order valence-corrected chi connectivity index (χ3v) is 9.15. The van der Waals surface area contributed by atoms with E-state index in [9.17, 15) is 19.7 Å². The highest BCUT2D eigenvalue weighted by molar-refractivity contribution is 6.74. The second-order valence-corrected chi connectivity index (χ2v) is 12.4.